The number of nitrogens with zero attached hydrogens (tertiary/aromatic N) is 5. The van der Waals surface area contributed by atoms with Crippen LogP contribution in [0.5, 0.6) is 0 Å². The summed E-state index contributed by atoms with van der Waals surface area (Å²) in [6.07, 6.45) is 13.0. The van der Waals surface area contributed by atoms with Crippen molar-refractivity contribution in [2.45, 2.75) is 18.9 Å². The molecule has 4 heterocycles. The minimum absolute atomic E-state index is 0.406. The van der Waals surface area contributed by atoms with E-state index in [4.69, 9.17) is 0 Å². The van der Waals surface area contributed by atoms with Crippen molar-refractivity contribution in [3.63, 3.8) is 0 Å². The molecular formula is C15H17N7. The fourth-order valence-corrected chi connectivity index (χ4v) is 2.78. The van der Waals surface area contributed by atoms with Crippen LogP contribution in [0.3, 0.4) is 0 Å². The van der Waals surface area contributed by atoms with Gasteiger partial charge in [-0.3, -0.25) is 9.97 Å². The van der Waals surface area contributed by atoms with Gasteiger partial charge < -0.3 is 10.6 Å². The molecule has 0 aliphatic carbocycles. The van der Waals surface area contributed by atoms with Crippen LogP contribution in [0.2, 0.25) is 0 Å². The lowest BCUT2D eigenvalue weighted by Gasteiger charge is -2.24. The molecule has 7 heteroatoms. The highest BCUT2D eigenvalue weighted by Crippen LogP contribution is 2.22. The average molecular weight is 295 g/mol. The van der Waals surface area contributed by atoms with Gasteiger partial charge in [0.2, 0.25) is 0 Å². The van der Waals surface area contributed by atoms with Gasteiger partial charge in [-0.05, 0) is 19.4 Å². The number of fused-ring (bicyclic) bond motifs is 1. The molecule has 7 nitrogen and oxygen atoms in total. The second kappa shape index (κ2) is 5.69. The SMILES string of the molecule is c1cn2ncc(-c3cncc(NC4CCCNC4)n3)c2cn1. The van der Waals surface area contributed by atoms with Gasteiger partial charge >= 0.3 is 0 Å². The zero-order chi connectivity index (χ0) is 14.8. The molecule has 1 unspecified atom stereocenters. The zero-order valence-corrected chi connectivity index (χ0v) is 12.1. The highest BCUT2D eigenvalue weighted by molar-refractivity contribution is 5.76. The van der Waals surface area contributed by atoms with E-state index in [0.717, 1.165) is 42.1 Å². The summed E-state index contributed by atoms with van der Waals surface area (Å²) in [4.78, 5) is 13.1. The molecule has 3 aromatic rings. The second-order valence-electron chi connectivity index (χ2n) is 5.44. The smallest absolute Gasteiger partial charge is 0.145 e. The molecule has 3 aromatic heterocycles. The highest BCUT2D eigenvalue weighted by Gasteiger charge is 2.14. The Labute approximate surface area is 127 Å². The molecule has 1 aliphatic rings. The van der Waals surface area contributed by atoms with E-state index in [0.29, 0.717) is 6.04 Å². The lowest BCUT2D eigenvalue weighted by atomic mass is 10.1. The van der Waals surface area contributed by atoms with Gasteiger partial charge in [-0.1, -0.05) is 0 Å². The summed E-state index contributed by atoms with van der Waals surface area (Å²) in [5.41, 5.74) is 2.66. The van der Waals surface area contributed by atoms with Gasteiger partial charge in [0, 0.05) is 30.5 Å². The molecule has 22 heavy (non-hydrogen) atoms. The van der Waals surface area contributed by atoms with Crippen LogP contribution in [0.25, 0.3) is 16.8 Å². The van der Waals surface area contributed by atoms with Crippen molar-refractivity contribution in [3.05, 3.63) is 37.2 Å². The number of hydrogen-bond acceptors (Lipinski definition) is 6. The van der Waals surface area contributed by atoms with E-state index in [1.54, 1.807) is 35.5 Å². The first-order chi connectivity index (χ1) is 10.9. The summed E-state index contributed by atoms with van der Waals surface area (Å²) in [6.45, 7) is 2.06. The number of anilines is 1. The van der Waals surface area contributed by atoms with Gasteiger partial charge in [0.1, 0.15) is 5.82 Å². The monoisotopic (exact) mass is 295 g/mol. The van der Waals surface area contributed by atoms with E-state index >= 15 is 0 Å². The summed E-state index contributed by atoms with van der Waals surface area (Å²) in [5.74, 6) is 0.800. The van der Waals surface area contributed by atoms with Crippen molar-refractivity contribution in [2.75, 3.05) is 18.4 Å². The van der Waals surface area contributed by atoms with Gasteiger partial charge in [-0.2, -0.15) is 5.10 Å². The van der Waals surface area contributed by atoms with E-state index in [-0.39, 0.29) is 0 Å². The van der Waals surface area contributed by atoms with Gasteiger partial charge in [0.15, 0.2) is 0 Å². The summed E-state index contributed by atoms with van der Waals surface area (Å²) in [7, 11) is 0. The minimum Gasteiger partial charge on any atom is -0.365 e. The summed E-state index contributed by atoms with van der Waals surface area (Å²) in [5, 5.41) is 11.2. The number of piperidine rings is 1. The van der Waals surface area contributed by atoms with Gasteiger partial charge in [0.25, 0.3) is 0 Å². The van der Waals surface area contributed by atoms with Crippen LogP contribution in [-0.2, 0) is 0 Å². The van der Waals surface area contributed by atoms with Crippen LogP contribution in [0, 0.1) is 0 Å². The molecule has 4 rings (SSSR count). The molecular weight excluding hydrogens is 278 g/mol. The number of nitrogens with one attached hydrogen (secondary N) is 2. The van der Waals surface area contributed by atoms with E-state index in [1.807, 2.05) is 6.20 Å². The summed E-state index contributed by atoms with van der Waals surface area (Å²) in [6, 6.07) is 0.406. The fraction of sp³-hybridized carbons (Fsp3) is 0.333. The Morgan fingerprint density at radius 2 is 2.18 bits per heavy atom. The van der Waals surface area contributed by atoms with Crippen molar-refractivity contribution in [2.24, 2.45) is 0 Å². The molecule has 2 N–H and O–H groups in total. The van der Waals surface area contributed by atoms with Crippen molar-refractivity contribution in [1.29, 1.82) is 0 Å². The molecule has 0 saturated carbocycles. The zero-order valence-electron chi connectivity index (χ0n) is 12.1. The second-order valence-corrected chi connectivity index (χ2v) is 5.44. The predicted molar refractivity (Wildman–Crippen MR) is 83.5 cm³/mol. The summed E-state index contributed by atoms with van der Waals surface area (Å²) < 4.78 is 1.79. The highest BCUT2D eigenvalue weighted by atomic mass is 15.2. The van der Waals surface area contributed by atoms with Gasteiger partial charge in [-0.25, -0.2) is 9.50 Å². The molecule has 1 aliphatic heterocycles. The third-order valence-corrected chi connectivity index (χ3v) is 3.88. The quantitative estimate of drug-likeness (QED) is 0.759. The van der Waals surface area contributed by atoms with Gasteiger partial charge in [0.05, 0.1) is 36.0 Å². The maximum Gasteiger partial charge on any atom is 0.145 e. The molecule has 0 bridgehead atoms. The Balaban J connectivity index is 1.63. The number of aromatic nitrogens is 5. The first-order valence-corrected chi connectivity index (χ1v) is 7.47. The van der Waals surface area contributed by atoms with Crippen LogP contribution in [-0.4, -0.2) is 43.7 Å². The normalized spacial score (nSPS) is 18.5. The molecule has 0 radical (unpaired) electrons. The Hall–Kier alpha value is -2.54. The molecule has 1 atom stereocenters. The van der Waals surface area contributed by atoms with E-state index in [2.05, 4.69) is 30.7 Å². The number of rotatable bonds is 3. The van der Waals surface area contributed by atoms with Crippen LogP contribution in [0.1, 0.15) is 12.8 Å². The van der Waals surface area contributed by atoms with Crippen LogP contribution < -0.4 is 10.6 Å². The topological polar surface area (TPSA) is 80.0 Å². The van der Waals surface area contributed by atoms with Crippen molar-refractivity contribution in [1.82, 2.24) is 29.9 Å². The Bertz CT molecular complexity index is 776. The van der Waals surface area contributed by atoms with Crippen LogP contribution in [0.15, 0.2) is 37.2 Å². The Morgan fingerprint density at radius 1 is 1.18 bits per heavy atom. The molecule has 112 valence electrons. The maximum absolute atomic E-state index is 4.68. The fourth-order valence-electron chi connectivity index (χ4n) is 2.78. The van der Waals surface area contributed by atoms with E-state index < -0.39 is 0 Å². The minimum atomic E-state index is 0.406. The number of hydrogen-bond donors (Lipinski definition) is 2. The molecule has 1 fully saturated rings. The Kier molecular flexibility index (Phi) is 3.40. The molecule has 1 saturated heterocycles. The molecule has 0 amide bonds. The lowest BCUT2D eigenvalue weighted by Crippen LogP contribution is -2.38. The predicted octanol–water partition coefficient (Wildman–Crippen LogP) is 1.35. The third-order valence-electron chi connectivity index (χ3n) is 3.88. The largest absolute Gasteiger partial charge is 0.365 e. The third kappa shape index (κ3) is 2.50. The van der Waals surface area contributed by atoms with E-state index in [1.165, 1.54) is 6.42 Å². The average Bonchev–Trinajstić information content (AvgIpc) is 3.00. The van der Waals surface area contributed by atoms with Gasteiger partial charge in [-0.15, -0.1) is 0 Å². The first kappa shape index (κ1) is 13.1. The van der Waals surface area contributed by atoms with Crippen LogP contribution >= 0.6 is 0 Å². The standard InChI is InChI=1S/C15H17N7/c1-2-11(6-16-3-1)20-15-10-18-8-13(21-15)12-7-19-22-5-4-17-9-14(12)22/h4-5,7-11,16H,1-3,6H2,(H,20,21). The molecule has 0 spiro atoms. The Morgan fingerprint density at radius 3 is 3.09 bits per heavy atom. The van der Waals surface area contributed by atoms with Crippen LogP contribution in [0.4, 0.5) is 5.82 Å². The maximum atomic E-state index is 4.68. The van der Waals surface area contributed by atoms with Crippen molar-refractivity contribution < 1.29 is 0 Å². The van der Waals surface area contributed by atoms with Crippen molar-refractivity contribution >= 4 is 11.3 Å². The lowest BCUT2D eigenvalue weighted by molar-refractivity contribution is 0.479. The summed E-state index contributed by atoms with van der Waals surface area (Å²) >= 11 is 0. The van der Waals surface area contributed by atoms with E-state index in [9.17, 15) is 0 Å². The van der Waals surface area contributed by atoms with Crippen molar-refractivity contribution in [3.8, 4) is 11.3 Å². The first-order valence-electron chi connectivity index (χ1n) is 7.47. The molecule has 0 aromatic carbocycles.